The first-order chi connectivity index (χ1) is 9.05. The molecule has 0 spiro atoms. The lowest BCUT2D eigenvalue weighted by Gasteiger charge is -2.34. The molecular formula is C16H27NO2. The molecule has 3 atom stereocenters. The molecule has 3 fully saturated rings. The van der Waals surface area contributed by atoms with Gasteiger partial charge in [0.15, 0.2) is 0 Å². The van der Waals surface area contributed by atoms with Gasteiger partial charge in [0.2, 0.25) is 0 Å². The van der Waals surface area contributed by atoms with Crippen molar-refractivity contribution in [2.24, 2.45) is 17.3 Å². The van der Waals surface area contributed by atoms with Gasteiger partial charge in [0.1, 0.15) is 12.1 Å². The van der Waals surface area contributed by atoms with Gasteiger partial charge >= 0.3 is 5.97 Å². The third-order valence-corrected chi connectivity index (χ3v) is 5.57. The predicted octanol–water partition coefficient (Wildman–Crippen LogP) is 2.89. The van der Waals surface area contributed by atoms with Crippen LogP contribution in [0, 0.1) is 17.3 Å². The zero-order valence-corrected chi connectivity index (χ0v) is 12.3. The Kier molecular flexibility index (Phi) is 3.59. The van der Waals surface area contributed by atoms with Crippen LogP contribution in [0.2, 0.25) is 0 Å². The van der Waals surface area contributed by atoms with E-state index in [9.17, 15) is 4.79 Å². The van der Waals surface area contributed by atoms with E-state index in [0.717, 1.165) is 25.3 Å². The summed E-state index contributed by atoms with van der Waals surface area (Å²) in [7, 11) is 0. The van der Waals surface area contributed by atoms with Crippen molar-refractivity contribution < 1.29 is 9.53 Å². The maximum absolute atomic E-state index is 12.3. The van der Waals surface area contributed by atoms with E-state index >= 15 is 0 Å². The van der Waals surface area contributed by atoms with Gasteiger partial charge in [0.25, 0.3) is 0 Å². The van der Waals surface area contributed by atoms with Gasteiger partial charge < -0.3 is 10.1 Å². The summed E-state index contributed by atoms with van der Waals surface area (Å²) in [6.07, 6.45) is 8.39. The maximum Gasteiger partial charge on any atom is 0.323 e. The van der Waals surface area contributed by atoms with Gasteiger partial charge in [0.05, 0.1) is 0 Å². The number of nitrogens with one attached hydrogen (secondary N) is 1. The highest BCUT2D eigenvalue weighted by atomic mass is 16.5. The minimum Gasteiger partial charge on any atom is -0.461 e. The van der Waals surface area contributed by atoms with E-state index in [1.807, 2.05) is 0 Å². The Morgan fingerprint density at radius 3 is 2.63 bits per heavy atom. The molecule has 1 saturated heterocycles. The fourth-order valence-corrected chi connectivity index (χ4v) is 4.17. The van der Waals surface area contributed by atoms with Crippen LogP contribution in [0.1, 0.15) is 58.8 Å². The Hall–Kier alpha value is -0.570. The molecule has 0 aromatic carbocycles. The number of ether oxygens (including phenoxy) is 1. The standard InChI is InChI=1S/C16H27NO2/c1-16(2)8-6-12(7-9-16)19-15(18)14-13-5-3-4-11(13)10-17-14/h11-14,17H,3-10H2,1-2H3. The van der Waals surface area contributed by atoms with Gasteiger partial charge in [-0.2, -0.15) is 0 Å². The van der Waals surface area contributed by atoms with Gasteiger partial charge in [-0.25, -0.2) is 0 Å². The molecule has 3 rings (SSSR count). The number of hydrogen-bond acceptors (Lipinski definition) is 3. The number of rotatable bonds is 2. The fourth-order valence-electron chi connectivity index (χ4n) is 4.17. The van der Waals surface area contributed by atoms with E-state index < -0.39 is 0 Å². The second kappa shape index (κ2) is 5.08. The Bertz CT molecular complexity index is 343. The molecule has 2 saturated carbocycles. The molecule has 2 aliphatic carbocycles. The summed E-state index contributed by atoms with van der Waals surface area (Å²) in [6, 6.07) is -0.0116. The average Bonchev–Trinajstić information content (AvgIpc) is 2.93. The van der Waals surface area contributed by atoms with Gasteiger partial charge in [-0.3, -0.25) is 4.79 Å². The van der Waals surface area contributed by atoms with Crippen LogP contribution in [-0.4, -0.2) is 24.7 Å². The summed E-state index contributed by atoms with van der Waals surface area (Å²) in [5, 5.41) is 3.39. The van der Waals surface area contributed by atoms with Gasteiger partial charge in [-0.05, 0) is 62.3 Å². The van der Waals surface area contributed by atoms with Crippen LogP contribution >= 0.6 is 0 Å². The highest BCUT2D eigenvalue weighted by molar-refractivity contribution is 5.77. The summed E-state index contributed by atoms with van der Waals surface area (Å²) in [4.78, 5) is 12.3. The molecule has 0 aromatic heterocycles. The number of esters is 1. The van der Waals surface area contributed by atoms with Crippen molar-refractivity contribution in [2.75, 3.05) is 6.54 Å². The molecule has 19 heavy (non-hydrogen) atoms. The monoisotopic (exact) mass is 265 g/mol. The molecule has 0 radical (unpaired) electrons. The molecule has 3 unspecified atom stereocenters. The summed E-state index contributed by atoms with van der Waals surface area (Å²) in [5.41, 5.74) is 0.436. The third-order valence-electron chi connectivity index (χ3n) is 5.57. The van der Waals surface area contributed by atoms with Crippen molar-refractivity contribution in [3.8, 4) is 0 Å². The third kappa shape index (κ3) is 2.81. The first kappa shape index (κ1) is 13.4. The average molecular weight is 265 g/mol. The predicted molar refractivity (Wildman–Crippen MR) is 74.8 cm³/mol. The topological polar surface area (TPSA) is 38.3 Å². The molecule has 3 aliphatic rings. The van der Waals surface area contributed by atoms with Gasteiger partial charge in [0, 0.05) is 0 Å². The first-order valence-corrected chi connectivity index (χ1v) is 7.99. The lowest BCUT2D eigenvalue weighted by atomic mass is 9.76. The van der Waals surface area contributed by atoms with Crippen molar-refractivity contribution >= 4 is 5.97 Å². The van der Waals surface area contributed by atoms with Crippen molar-refractivity contribution in [1.82, 2.24) is 5.32 Å². The van der Waals surface area contributed by atoms with E-state index in [1.54, 1.807) is 0 Å². The maximum atomic E-state index is 12.3. The van der Waals surface area contributed by atoms with Crippen molar-refractivity contribution in [2.45, 2.75) is 70.9 Å². The molecule has 0 bridgehead atoms. The van der Waals surface area contributed by atoms with Gasteiger partial charge in [-0.15, -0.1) is 0 Å². The van der Waals surface area contributed by atoms with Crippen LogP contribution in [0.15, 0.2) is 0 Å². The lowest BCUT2D eigenvalue weighted by molar-refractivity contribution is -0.155. The zero-order chi connectivity index (χ0) is 13.5. The quantitative estimate of drug-likeness (QED) is 0.780. The lowest BCUT2D eigenvalue weighted by Crippen LogP contribution is -2.40. The number of carbonyl (C=O) groups is 1. The zero-order valence-electron chi connectivity index (χ0n) is 12.3. The van der Waals surface area contributed by atoms with Crippen molar-refractivity contribution in [1.29, 1.82) is 0 Å². The minimum absolute atomic E-state index is 0.0116. The van der Waals surface area contributed by atoms with E-state index in [-0.39, 0.29) is 18.1 Å². The minimum atomic E-state index is -0.0116. The fraction of sp³-hybridized carbons (Fsp3) is 0.938. The van der Waals surface area contributed by atoms with E-state index in [4.69, 9.17) is 4.74 Å². The first-order valence-electron chi connectivity index (χ1n) is 7.99. The van der Waals surface area contributed by atoms with E-state index in [2.05, 4.69) is 19.2 Å². The Morgan fingerprint density at radius 2 is 1.89 bits per heavy atom. The Labute approximate surface area is 116 Å². The number of hydrogen-bond donors (Lipinski definition) is 1. The van der Waals surface area contributed by atoms with Crippen LogP contribution in [0.25, 0.3) is 0 Å². The van der Waals surface area contributed by atoms with Crippen LogP contribution in [0.4, 0.5) is 0 Å². The number of fused-ring (bicyclic) bond motifs is 1. The van der Waals surface area contributed by atoms with E-state index in [1.165, 1.54) is 32.1 Å². The summed E-state index contributed by atoms with van der Waals surface area (Å²) < 4.78 is 5.78. The highest BCUT2D eigenvalue weighted by Crippen LogP contribution is 2.39. The van der Waals surface area contributed by atoms with Crippen LogP contribution < -0.4 is 5.32 Å². The van der Waals surface area contributed by atoms with Crippen LogP contribution in [-0.2, 0) is 9.53 Å². The summed E-state index contributed by atoms with van der Waals surface area (Å²) >= 11 is 0. The molecule has 1 aliphatic heterocycles. The Balaban J connectivity index is 1.52. The smallest absolute Gasteiger partial charge is 0.323 e. The largest absolute Gasteiger partial charge is 0.461 e. The van der Waals surface area contributed by atoms with Crippen LogP contribution in [0.5, 0.6) is 0 Å². The van der Waals surface area contributed by atoms with Crippen molar-refractivity contribution in [3.05, 3.63) is 0 Å². The second-order valence-corrected chi connectivity index (χ2v) is 7.54. The molecule has 3 nitrogen and oxygen atoms in total. The molecule has 0 amide bonds. The molecule has 108 valence electrons. The SMILES string of the molecule is CC1(C)CCC(OC(=O)C2NCC3CCCC32)CC1. The Morgan fingerprint density at radius 1 is 1.16 bits per heavy atom. The molecule has 1 heterocycles. The molecule has 0 aromatic rings. The van der Waals surface area contributed by atoms with E-state index in [0.29, 0.717) is 11.3 Å². The van der Waals surface area contributed by atoms with Gasteiger partial charge in [-0.1, -0.05) is 20.3 Å². The van der Waals surface area contributed by atoms with Crippen molar-refractivity contribution in [3.63, 3.8) is 0 Å². The second-order valence-electron chi connectivity index (χ2n) is 7.54. The molecule has 3 heteroatoms. The number of carbonyl (C=O) groups excluding carboxylic acids is 1. The molecule has 1 N–H and O–H groups in total. The normalized spacial score (nSPS) is 38.1. The molecular weight excluding hydrogens is 238 g/mol. The van der Waals surface area contributed by atoms with Crippen LogP contribution in [0.3, 0.4) is 0 Å². The summed E-state index contributed by atoms with van der Waals surface area (Å²) in [6.45, 7) is 5.64. The summed E-state index contributed by atoms with van der Waals surface area (Å²) in [5.74, 6) is 1.30. The highest BCUT2D eigenvalue weighted by Gasteiger charge is 2.44.